The fourth-order valence-electron chi connectivity index (χ4n) is 4.80. The predicted octanol–water partition coefficient (Wildman–Crippen LogP) is 5.72. The molecule has 0 aromatic carbocycles. The summed E-state index contributed by atoms with van der Waals surface area (Å²) in [5.74, 6) is 1.98. The van der Waals surface area contributed by atoms with Crippen molar-refractivity contribution in [3.8, 4) is 0 Å². The molecule has 0 amide bonds. The molecule has 0 atom stereocenters. The fraction of sp³-hybridized carbons (Fsp3) is 0.950. The van der Waals surface area contributed by atoms with Gasteiger partial charge in [0.15, 0.2) is 0 Å². The standard InChI is InChI=1S/C20H38O2Si/c1-3-5-6-7-20(21)22-19-10-8-17(9-11-19)18-12-15-23(14-4-2)16-13-18/h17-19,23H,3-16H2,1-2H3. The van der Waals surface area contributed by atoms with Gasteiger partial charge in [-0.05, 0) is 43.9 Å². The average Bonchev–Trinajstić information content (AvgIpc) is 2.57. The summed E-state index contributed by atoms with van der Waals surface area (Å²) in [5, 5.41) is 0. The summed E-state index contributed by atoms with van der Waals surface area (Å²) in [6.07, 6.45) is 13.5. The largest absolute Gasteiger partial charge is 0.462 e. The maximum Gasteiger partial charge on any atom is 0.306 e. The molecule has 134 valence electrons. The summed E-state index contributed by atoms with van der Waals surface area (Å²) in [5.41, 5.74) is 0. The van der Waals surface area contributed by atoms with E-state index in [1.165, 1.54) is 38.5 Å². The molecule has 1 saturated carbocycles. The molecule has 2 aliphatic rings. The molecule has 0 radical (unpaired) electrons. The minimum absolute atomic E-state index is 0.0490. The zero-order valence-electron chi connectivity index (χ0n) is 15.5. The molecular formula is C20H38O2Si. The van der Waals surface area contributed by atoms with Gasteiger partial charge in [0.1, 0.15) is 6.10 Å². The first-order chi connectivity index (χ1) is 11.2. The van der Waals surface area contributed by atoms with Gasteiger partial charge in [-0.2, -0.15) is 0 Å². The Morgan fingerprint density at radius 1 is 0.913 bits per heavy atom. The number of rotatable bonds is 8. The normalized spacial score (nSPS) is 31.7. The van der Waals surface area contributed by atoms with Crippen LogP contribution in [0, 0.1) is 11.8 Å². The van der Waals surface area contributed by atoms with Gasteiger partial charge in [-0.3, -0.25) is 4.79 Å². The van der Waals surface area contributed by atoms with Gasteiger partial charge in [0.25, 0.3) is 0 Å². The topological polar surface area (TPSA) is 26.3 Å². The SMILES string of the molecule is CCCCCC(=O)OC1CCC(C2CC[SiH](CCC)CC2)CC1. The van der Waals surface area contributed by atoms with Crippen molar-refractivity contribution >= 4 is 14.8 Å². The molecule has 1 saturated heterocycles. The zero-order valence-corrected chi connectivity index (χ0v) is 16.7. The number of ether oxygens (including phenoxy) is 1. The van der Waals surface area contributed by atoms with E-state index in [1.54, 1.807) is 18.1 Å². The Hall–Kier alpha value is -0.313. The van der Waals surface area contributed by atoms with Gasteiger partial charge in [0.05, 0.1) is 0 Å². The van der Waals surface area contributed by atoms with E-state index in [4.69, 9.17) is 4.74 Å². The molecule has 2 nitrogen and oxygen atoms in total. The Balaban J connectivity index is 1.61. The Labute approximate surface area is 145 Å². The second-order valence-electron chi connectivity index (χ2n) is 8.05. The van der Waals surface area contributed by atoms with Crippen LogP contribution in [0.25, 0.3) is 0 Å². The highest BCUT2D eigenvalue weighted by Crippen LogP contribution is 2.40. The van der Waals surface area contributed by atoms with E-state index >= 15 is 0 Å². The third-order valence-electron chi connectivity index (χ3n) is 6.26. The lowest BCUT2D eigenvalue weighted by Gasteiger charge is -2.37. The van der Waals surface area contributed by atoms with Crippen LogP contribution in [-0.2, 0) is 9.53 Å². The van der Waals surface area contributed by atoms with Gasteiger partial charge in [0.2, 0.25) is 0 Å². The quantitative estimate of drug-likeness (QED) is 0.321. The van der Waals surface area contributed by atoms with E-state index in [2.05, 4.69) is 13.8 Å². The Kier molecular flexibility index (Phi) is 8.71. The highest BCUT2D eigenvalue weighted by atomic mass is 28.3. The number of unbranched alkanes of at least 4 members (excludes halogenated alkanes) is 2. The van der Waals surface area contributed by atoms with E-state index in [1.807, 2.05) is 0 Å². The minimum atomic E-state index is -0.335. The van der Waals surface area contributed by atoms with Crippen LogP contribution in [-0.4, -0.2) is 20.9 Å². The Morgan fingerprint density at radius 2 is 1.57 bits per heavy atom. The fourth-order valence-corrected chi connectivity index (χ4v) is 8.28. The molecule has 0 aromatic heterocycles. The van der Waals surface area contributed by atoms with E-state index in [9.17, 15) is 4.79 Å². The molecule has 3 heteroatoms. The number of hydrogen-bond acceptors (Lipinski definition) is 2. The first-order valence-corrected chi connectivity index (χ1v) is 12.9. The summed E-state index contributed by atoms with van der Waals surface area (Å²) in [4.78, 5) is 11.8. The van der Waals surface area contributed by atoms with Crippen LogP contribution in [0.1, 0.15) is 84.5 Å². The second kappa shape index (κ2) is 10.5. The zero-order chi connectivity index (χ0) is 16.5. The molecule has 2 fully saturated rings. The molecule has 0 N–H and O–H groups in total. The molecule has 1 aliphatic heterocycles. The van der Waals surface area contributed by atoms with Gasteiger partial charge in [0, 0.05) is 15.2 Å². The van der Waals surface area contributed by atoms with Crippen LogP contribution < -0.4 is 0 Å². The van der Waals surface area contributed by atoms with Gasteiger partial charge in [-0.15, -0.1) is 0 Å². The first-order valence-electron chi connectivity index (χ1n) is 10.4. The highest BCUT2D eigenvalue weighted by molar-refractivity contribution is 6.58. The molecule has 1 heterocycles. The number of hydrogen-bond donors (Lipinski definition) is 0. The molecule has 0 spiro atoms. The minimum Gasteiger partial charge on any atom is -0.462 e. The average molecular weight is 339 g/mol. The van der Waals surface area contributed by atoms with E-state index in [0.717, 1.165) is 37.5 Å². The lowest BCUT2D eigenvalue weighted by atomic mass is 9.76. The summed E-state index contributed by atoms with van der Waals surface area (Å²) in [6, 6.07) is 4.78. The van der Waals surface area contributed by atoms with Crippen molar-refractivity contribution in [3.05, 3.63) is 0 Å². The van der Waals surface area contributed by atoms with E-state index in [-0.39, 0.29) is 20.9 Å². The summed E-state index contributed by atoms with van der Waals surface area (Å²) in [7, 11) is -0.335. The molecule has 1 aliphatic carbocycles. The van der Waals surface area contributed by atoms with Crippen molar-refractivity contribution in [2.24, 2.45) is 11.8 Å². The third-order valence-corrected chi connectivity index (χ3v) is 9.95. The van der Waals surface area contributed by atoms with Crippen molar-refractivity contribution in [2.75, 3.05) is 0 Å². The molecular weight excluding hydrogens is 300 g/mol. The van der Waals surface area contributed by atoms with Crippen LogP contribution in [0.15, 0.2) is 0 Å². The number of carbonyl (C=O) groups is 1. The molecule has 0 unspecified atom stereocenters. The molecule has 0 bridgehead atoms. The number of carbonyl (C=O) groups excluding carboxylic acids is 1. The van der Waals surface area contributed by atoms with Crippen molar-refractivity contribution in [3.63, 3.8) is 0 Å². The maximum absolute atomic E-state index is 11.8. The van der Waals surface area contributed by atoms with Crippen LogP contribution >= 0.6 is 0 Å². The van der Waals surface area contributed by atoms with Crippen molar-refractivity contribution in [1.82, 2.24) is 0 Å². The predicted molar refractivity (Wildman–Crippen MR) is 101 cm³/mol. The van der Waals surface area contributed by atoms with Gasteiger partial charge >= 0.3 is 5.97 Å². The molecule has 23 heavy (non-hydrogen) atoms. The summed E-state index contributed by atoms with van der Waals surface area (Å²) < 4.78 is 5.69. The first kappa shape index (κ1) is 19.0. The molecule has 0 aromatic rings. The lowest BCUT2D eigenvalue weighted by molar-refractivity contribution is -0.151. The lowest BCUT2D eigenvalue weighted by Crippen LogP contribution is -2.31. The van der Waals surface area contributed by atoms with Crippen molar-refractivity contribution in [1.29, 1.82) is 0 Å². The highest BCUT2D eigenvalue weighted by Gasteiger charge is 2.31. The van der Waals surface area contributed by atoms with Crippen molar-refractivity contribution < 1.29 is 9.53 Å². The van der Waals surface area contributed by atoms with Gasteiger partial charge in [-0.1, -0.05) is 64.1 Å². The van der Waals surface area contributed by atoms with E-state index < -0.39 is 0 Å². The Bertz CT molecular complexity index is 329. The summed E-state index contributed by atoms with van der Waals surface area (Å²) in [6.45, 7) is 4.52. The van der Waals surface area contributed by atoms with Gasteiger partial charge < -0.3 is 4.74 Å². The smallest absolute Gasteiger partial charge is 0.306 e. The Morgan fingerprint density at radius 3 is 2.17 bits per heavy atom. The number of esters is 1. The summed E-state index contributed by atoms with van der Waals surface area (Å²) >= 11 is 0. The molecule has 2 rings (SSSR count). The van der Waals surface area contributed by atoms with Crippen LogP contribution in [0.2, 0.25) is 18.1 Å². The third kappa shape index (κ3) is 6.60. The van der Waals surface area contributed by atoms with E-state index in [0.29, 0.717) is 6.42 Å². The van der Waals surface area contributed by atoms with Crippen LogP contribution in [0.3, 0.4) is 0 Å². The van der Waals surface area contributed by atoms with Crippen LogP contribution in [0.4, 0.5) is 0 Å². The van der Waals surface area contributed by atoms with Crippen molar-refractivity contribution in [2.45, 2.75) is 109 Å². The maximum atomic E-state index is 11.8. The van der Waals surface area contributed by atoms with Gasteiger partial charge in [-0.25, -0.2) is 0 Å². The second-order valence-corrected chi connectivity index (χ2v) is 11.5. The van der Waals surface area contributed by atoms with Crippen LogP contribution in [0.5, 0.6) is 0 Å². The monoisotopic (exact) mass is 338 g/mol.